The molecule has 0 atom stereocenters. The van der Waals surface area contributed by atoms with Gasteiger partial charge in [0.05, 0.1) is 0 Å². The molecule has 0 unspecified atom stereocenters. The Hall–Kier alpha value is -2.12. The fraction of sp³-hybridized carbons (Fsp3) is 0.250. The SMILES string of the molecule is Cl.NCc1cc(-c2ccc3c(c2)OCCO3)ccc1OC(F)(F)F. The predicted octanol–water partition coefficient (Wildman–Crippen LogP) is 3.90. The maximum Gasteiger partial charge on any atom is 0.573 e. The van der Waals surface area contributed by atoms with Gasteiger partial charge < -0.3 is 19.9 Å². The fourth-order valence-corrected chi connectivity index (χ4v) is 2.37. The number of benzene rings is 2. The molecule has 0 saturated carbocycles. The second-order valence-corrected chi connectivity index (χ2v) is 4.93. The Morgan fingerprint density at radius 3 is 2.25 bits per heavy atom. The molecule has 3 rings (SSSR count). The smallest absolute Gasteiger partial charge is 0.486 e. The van der Waals surface area contributed by atoms with Crippen LogP contribution in [0.4, 0.5) is 13.2 Å². The van der Waals surface area contributed by atoms with Gasteiger partial charge in [0.25, 0.3) is 0 Å². The molecular formula is C16H15ClF3NO3. The number of alkyl halides is 3. The highest BCUT2D eigenvalue weighted by atomic mass is 35.5. The van der Waals surface area contributed by atoms with Crippen LogP contribution in [0.1, 0.15) is 5.56 Å². The van der Waals surface area contributed by atoms with Crippen molar-refractivity contribution in [2.45, 2.75) is 12.9 Å². The third kappa shape index (κ3) is 4.04. The van der Waals surface area contributed by atoms with Gasteiger partial charge >= 0.3 is 6.36 Å². The summed E-state index contributed by atoms with van der Waals surface area (Å²) >= 11 is 0. The number of rotatable bonds is 3. The third-order valence-electron chi connectivity index (χ3n) is 3.38. The zero-order chi connectivity index (χ0) is 16.4. The van der Waals surface area contributed by atoms with Crippen LogP contribution in [-0.2, 0) is 6.54 Å². The molecule has 1 heterocycles. The van der Waals surface area contributed by atoms with E-state index >= 15 is 0 Å². The summed E-state index contributed by atoms with van der Waals surface area (Å²) in [6.45, 7) is 0.889. The summed E-state index contributed by atoms with van der Waals surface area (Å²) < 4.78 is 52.1. The predicted molar refractivity (Wildman–Crippen MR) is 84.7 cm³/mol. The van der Waals surface area contributed by atoms with Crippen molar-refractivity contribution in [3.8, 4) is 28.4 Å². The van der Waals surface area contributed by atoms with Crippen molar-refractivity contribution in [1.82, 2.24) is 0 Å². The molecule has 2 aromatic rings. The number of halogens is 4. The first-order chi connectivity index (χ1) is 11.0. The molecule has 130 valence electrons. The van der Waals surface area contributed by atoms with Crippen molar-refractivity contribution in [2.24, 2.45) is 5.73 Å². The van der Waals surface area contributed by atoms with Crippen molar-refractivity contribution in [3.63, 3.8) is 0 Å². The summed E-state index contributed by atoms with van der Waals surface area (Å²) in [4.78, 5) is 0. The van der Waals surface area contributed by atoms with Gasteiger partial charge in [-0.3, -0.25) is 0 Å². The summed E-state index contributed by atoms with van der Waals surface area (Å²) in [5.41, 5.74) is 7.32. The summed E-state index contributed by atoms with van der Waals surface area (Å²) in [5.74, 6) is 0.969. The molecule has 1 aliphatic heterocycles. The summed E-state index contributed by atoms with van der Waals surface area (Å²) in [5, 5.41) is 0. The topological polar surface area (TPSA) is 53.7 Å². The molecule has 0 aliphatic carbocycles. The Morgan fingerprint density at radius 2 is 1.58 bits per heavy atom. The molecule has 0 radical (unpaired) electrons. The molecule has 1 aliphatic rings. The largest absolute Gasteiger partial charge is 0.573 e. The normalized spacial score (nSPS) is 13.2. The highest BCUT2D eigenvalue weighted by Gasteiger charge is 2.32. The number of hydrogen-bond donors (Lipinski definition) is 1. The minimum atomic E-state index is -4.75. The van der Waals surface area contributed by atoms with Crippen LogP contribution in [0.15, 0.2) is 36.4 Å². The highest BCUT2D eigenvalue weighted by molar-refractivity contribution is 5.85. The van der Waals surface area contributed by atoms with Gasteiger partial charge in [-0.25, -0.2) is 0 Å². The van der Waals surface area contributed by atoms with Crippen LogP contribution in [0.3, 0.4) is 0 Å². The summed E-state index contributed by atoms with van der Waals surface area (Å²) in [6.07, 6.45) is -4.75. The molecule has 2 aromatic carbocycles. The third-order valence-corrected chi connectivity index (χ3v) is 3.38. The molecule has 4 nitrogen and oxygen atoms in total. The van der Waals surface area contributed by atoms with Crippen LogP contribution in [0.25, 0.3) is 11.1 Å². The van der Waals surface area contributed by atoms with Crippen LogP contribution >= 0.6 is 12.4 Å². The van der Waals surface area contributed by atoms with Crippen molar-refractivity contribution >= 4 is 12.4 Å². The molecule has 0 amide bonds. The number of ether oxygens (including phenoxy) is 3. The Bertz CT molecular complexity index is 722. The van der Waals surface area contributed by atoms with Crippen molar-refractivity contribution in [1.29, 1.82) is 0 Å². The minimum absolute atomic E-state index is 0. The van der Waals surface area contributed by atoms with Crippen LogP contribution < -0.4 is 19.9 Å². The molecule has 0 bridgehead atoms. The molecule has 24 heavy (non-hydrogen) atoms. The second-order valence-electron chi connectivity index (χ2n) is 4.93. The molecular weight excluding hydrogens is 347 g/mol. The Morgan fingerprint density at radius 1 is 0.958 bits per heavy atom. The van der Waals surface area contributed by atoms with E-state index in [1.807, 2.05) is 6.07 Å². The molecule has 0 spiro atoms. The monoisotopic (exact) mass is 361 g/mol. The van der Waals surface area contributed by atoms with E-state index in [2.05, 4.69) is 4.74 Å². The molecule has 8 heteroatoms. The van der Waals surface area contributed by atoms with E-state index in [-0.39, 0.29) is 30.3 Å². The van der Waals surface area contributed by atoms with Crippen LogP contribution in [0.2, 0.25) is 0 Å². The lowest BCUT2D eigenvalue weighted by molar-refractivity contribution is -0.274. The zero-order valence-electron chi connectivity index (χ0n) is 12.4. The fourth-order valence-electron chi connectivity index (χ4n) is 2.37. The first-order valence-corrected chi connectivity index (χ1v) is 6.95. The summed E-state index contributed by atoms with van der Waals surface area (Å²) in [6, 6.07) is 9.76. The van der Waals surface area contributed by atoms with Crippen molar-refractivity contribution < 1.29 is 27.4 Å². The average molecular weight is 362 g/mol. The lowest BCUT2D eigenvalue weighted by Gasteiger charge is -2.19. The van der Waals surface area contributed by atoms with Crippen molar-refractivity contribution in [2.75, 3.05) is 13.2 Å². The molecule has 0 fully saturated rings. The van der Waals surface area contributed by atoms with Crippen LogP contribution in [0.5, 0.6) is 17.2 Å². The first kappa shape index (κ1) is 18.2. The minimum Gasteiger partial charge on any atom is -0.486 e. The zero-order valence-corrected chi connectivity index (χ0v) is 13.2. The molecule has 2 N–H and O–H groups in total. The van der Waals surface area contributed by atoms with Crippen LogP contribution in [-0.4, -0.2) is 19.6 Å². The van der Waals surface area contributed by atoms with E-state index in [0.29, 0.717) is 24.7 Å². The first-order valence-electron chi connectivity index (χ1n) is 6.95. The van der Waals surface area contributed by atoms with E-state index in [9.17, 15) is 13.2 Å². The molecule has 0 aromatic heterocycles. The standard InChI is InChI=1S/C16H14F3NO3.ClH/c17-16(18,19)23-13-3-1-10(7-12(13)9-20)11-2-4-14-15(8-11)22-6-5-21-14;/h1-4,7-8H,5-6,9,20H2;1H. The summed E-state index contributed by atoms with van der Waals surface area (Å²) in [7, 11) is 0. The second kappa shape index (κ2) is 7.19. The van der Waals surface area contributed by atoms with Gasteiger partial charge in [-0.2, -0.15) is 0 Å². The molecule has 0 saturated heterocycles. The van der Waals surface area contributed by atoms with E-state index in [1.54, 1.807) is 24.3 Å². The van der Waals surface area contributed by atoms with Crippen molar-refractivity contribution in [3.05, 3.63) is 42.0 Å². The average Bonchev–Trinajstić information content (AvgIpc) is 2.53. The Labute approximate surface area is 142 Å². The van der Waals surface area contributed by atoms with Gasteiger partial charge in [0.15, 0.2) is 11.5 Å². The van der Waals surface area contributed by atoms with E-state index in [0.717, 1.165) is 11.1 Å². The lowest BCUT2D eigenvalue weighted by atomic mass is 10.0. The maximum atomic E-state index is 12.4. The quantitative estimate of drug-likeness (QED) is 0.900. The van der Waals surface area contributed by atoms with E-state index in [4.69, 9.17) is 15.2 Å². The van der Waals surface area contributed by atoms with Crippen LogP contribution in [0, 0.1) is 0 Å². The van der Waals surface area contributed by atoms with Gasteiger partial charge in [0.1, 0.15) is 19.0 Å². The maximum absolute atomic E-state index is 12.4. The lowest BCUT2D eigenvalue weighted by Crippen LogP contribution is -2.18. The Kier molecular flexibility index (Phi) is 5.46. The van der Waals surface area contributed by atoms with Gasteiger partial charge in [0, 0.05) is 12.1 Å². The van der Waals surface area contributed by atoms with Gasteiger partial charge in [-0.15, -0.1) is 25.6 Å². The number of fused-ring (bicyclic) bond motifs is 1. The number of nitrogens with two attached hydrogens (primary N) is 1. The van der Waals surface area contributed by atoms with Gasteiger partial charge in [-0.1, -0.05) is 12.1 Å². The van der Waals surface area contributed by atoms with Gasteiger partial charge in [0.2, 0.25) is 0 Å². The number of hydrogen-bond acceptors (Lipinski definition) is 4. The van der Waals surface area contributed by atoms with E-state index in [1.165, 1.54) is 6.07 Å². The van der Waals surface area contributed by atoms with Gasteiger partial charge in [-0.05, 0) is 35.4 Å². The Balaban J connectivity index is 0.00000208. The highest BCUT2D eigenvalue weighted by Crippen LogP contribution is 2.36. The van der Waals surface area contributed by atoms with E-state index < -0.39 is 6.36 Å².